The van der Waals surface area contributed by atoms with Crippen molar-refractivity contribution in [3.63, 3.8) is 0 Å². The maximum absolute atomic E-state index is 12.4. The van der Waals surface area contributed by atoms with Crippen LogP contribution in [0.3, 0.4) is 0 Å². The molecule has 128 valence electrons. The molecule has 1 fully saturated rings. The molecule has 0 unspecified atom stereocenters. The van der Waals surface area contributed by atoms with E-state index in [1.807, 2.05) is 24.3 Å². The van der Waals surface area contributed by atoms with Gasteiger partial charge in [-0.3, -0.25) is 14.4 Å². The van der Waals surface area contributed by atoms with E-state index in [-0.39, 0.29) is 29.8 Å². The molecule has 1 saturated heterocycles. The average Bonchev–Trinajstić information content (AvgIpc) is 2.69. The topological polar surface area (TPSA) is 54.5 Å². The number of carbonyl (C=O) groups is 3. The predicted octanol–water partition coefficient (Wildman–Crippen LogP) is 3.38. The summed E-state index contributed by atoms with van der Waals surface area (Å²) >= 11 is 0. The Morgan fingerprint density at radius 1 is 0.800 bits per heavy atom. The van der Waals surface area contributed by atoms with Gasteiger partial charge in [0.1, 0.15) is 5.78 Å². The SMILES string of the molecule is O=C(CC(=O)C1CCN(C(=O)c2ccccc2)CC1)c1ccccc1. The maximum Gasteiger partial charge on any atom is 0.253 e. The number of carbonyl (C=O) groups excluding carboxylic acids is 3. The molecule has 0 N–H and O–H groups in total. The molecule has 3 rings (SSSR count). The molecule has 0 saturated carbocycles. The first kappa shape index (κ1) is 17.1. The van der Waals surface area contributed by atoms with E-state index in [1.54, 1.807) is 41.3 Å². The second kappa shape index (κ2) is 7.88. The van der Waals surface area contributed by atoms with Gasteiger partial charge >= 0.3 is 0 Å². The van der Waals surface area contributed by atoms with E-state index in [0.717, 1.165) is 0 Å². The summed E-state index contributed by atoms with van der Waals surface area (Å²) in [6.45, 7) is 1.12. The monoisotopic (exact) mass is 335 g/mol. The van der Waals surface area contributed by atoms with E-state index in [9.17, 15) is 14.4 Å². The fraction of sp³-hybridized carbons (Fsp3) is 0.286. The standard InChI is InChI=1S/C21H21NO3/c23-19(16-7-3-1-4-8-16)15-20(24)17-11-13-22(14-12-17)21(25)18-9-5-2-6-10-18/h1-10,17H,11-15H2. The van der Waals surface area contributed by atoms with Gasteiger partial charge in [0.05, 0.1) is 6.42 Å². The Bertz CT molecular complexity index is 747. The number of likely N-dealkylation sites (tertiary alicyclic amines) is 1. The number of Topliss-reactive ketones (excluding diaryl/α,β-unsaturated/α-hetero) is 2. The molecule has 0 bridgehead atoms. The van der Waals surface area contributed by atoms with Gasteiger partial charge < -0.3 is 4.90 Å². The number of nitrogens with zero attached hydrogens (tertiary/aromatic N) is 1. The Morgan fingerprint density at radius 2 is 1.32 bits per heavy atom. The van der Waals surface area contributed by atoms with Gasteiger partial charge in [-0.05, 0) is 25.0 Å². The molecule has 1 heterocycles. The summed E-state index contributed by atoms with van der Waals surface area (Å²) < 4.78 is 0. The van der Waals surface area contributed by atoms with Crippen LogP contribution >= 0.6 is 0 Å². The van der Waals surface area contributed by atoms with Crippen LogP contribution in [-0.4, -0.2) is 35.5 Å². The summed E-state index contributed by atoms with van der Waals surface area (Å²) in [4.78, 5) is 38.8. The van der Waals surface area contributed by atoms with Crippen LogP contribution in [0.1, 0.15) is 40.0 Å². The molecule has 1 aliphatic rings. The molecule has 0 aliphatic carbocycles. The Kier molecular flexibility index (Phi) is 5.39. The zero-order chi connectivity index (χ0) is 17.6. The number of rotatable bonds is 5. The number of hydrogen-bond acceptors (Lipinski definition) is 3. The van der Waals surface area contributed by atoms with E-state index in [1.165, 1.54) is 0 Å². The van der Waals surface area contributed by atoms with Crippen LogP contribution in [0, 0.1) is 5.92 Å². The minimum atomic E-state index is -0.132. The van der Waals surface area contributed by atoms with Gasteiger partial charge in [0.15, 0.2) is 5.78 Å². The van der Waals surface area contributed by atoms with E-state index >= 15 is 0 Å². The highest BCUT2D eigenvalue weighted by molar-refractivity contribution is 6.08. The van der Waals surface area contributed by atoms with Crippen molar-refractivity contribution in [2.45, 2.75) is 19.3 Å². The second-order valence-corrected chi connectivity index (χ2v) is 6.36. The van der Waals surface area contributed by atoms with E-state index in [0.29, 0.717) is 37.1 Å². The molecule has 0 atom stereocenters. The Balaban J connectivity index is 1.53. The van der Waals surface area contributed by atoms with Crippen molar-refractivity contribution in [3.8, 4) is 0 Å². The predicted molar refractivity (Wildman–Crippen MR) is 95.5 cm³/mol. The van der Waals surface area contributed by atoms with Gasteiger partial charge in [0.2, 0.25) is 0 Å². The lowest BCUT2D eigenvalue weighted by atomic mass is 9.89. The molecule has 1 amide bonds. The lowest BCUT2D eigenvalue weighted by molar-refractivity contribution is -0.123. The third-order valence-corrected chi connectivity index (χ3v) is 4.69. The number of ketones is 2. The summed E-state index contributed by atoms with van der Waals surface area (Å²) in [7, 11) is 0. The van der Waals surface area contributed by atoms with Crippen LogP contribution in [-0.2, 0) is 4.79 Å². The minimum Gasteiger partial charge on any atom is -0.339 e. The molecule has 4 nitrogen and oxygen atoms in total. The smallest absolute Gasteiger partial charge is 0.253 e. The molecular formula is C21H21NO3. The van der Waals surface area contributed by atoms with E-state index in [4.69, 9.17) is 0 Å². The summed E-state index contributed by atoms with van der Waals surface area (Å²) in [5, 5.41) is 0. The summed E-state index contributed by atoms with van der Waals surface area (Å²) in [6, 6.07) is 18.1. The molecule has 0 aromatic heterocycles. The molecule has 2 aromatic carbocycles. The van der Waals surface area contributed by atoms with Crippen molar-refractivity contribution in [2.75, 3.05) is 13.1 Å². The van der Waals surface area contributed by atoms with Gasteiger partial charge in [-0.25, -0.2) is 0 Å². The van der Waals surface area contributed by atoms with Crippen LogP contribution in [0.4, 0.5) is 0 Å². The van der Waals surface area contributed by atoms with Crippen molar-refractivity contribution in [3.05, 3.63) is 71.8 Å². The van der Waals surface area contributed by atoms with Crippen LogP contribution in [0.2, 0.25) is 0 Å². The summed E-state index contributed by atoms with van der Waals surface area (Å²) in [5.74, 6) is -0.270. The van der Waals surface area contributed by atoms with Crippen molar-refractivity contribution < 1.29 is 14.4 Å². The van der Waals surface area contributed by atoms with E-state index < -0.39 is 0 Å². The molecule has 25 heavy (non-hydrogen) atoms. The number of piperidine rings is 1. The van der Waals surface area contributed by atoms with Gasteiger partial charge in [0.25, 0.3) is 5.91 Å². The third-order valence-electron chi connectivity index (χ3n) is 4.69. The van der Waals surface area contributed by atoms with Gasteiger partial charge in [0, 0.05) is 30.1 Å². The largest absolute Gasteiger partial charge is 0.339 e. The molecule has 0 radical (unpaired) electrons. The third kappa shape index (κ3) is 4.21. The van der Waals surface area contributed by atoms with Crippen molar-refractivity contribution in [1.29, 1.82) is 0 Å². The Hall–Kier alpha value is -2.75. The average molecular weight is 335 g/mol. The van der Waals surface area contributed by atoms with E-state index in [2.05, 4.69) is 0 Å². The molecular weight excluding hydrogens is 314 g/mol. The molecule has 4 heteroatoms. The van der Waals surface area contributed by atoms with Gasteiger partial charge in [-0.15, -0.1) is 0 Å². The maximum atomic E-state index is 12.4. The first-order valence-electron chi connectivity index (χ1n) is 8.60. The Morgan fingerprint density at radius 3 is 1.88 bits per heavy atom. The normalized spacial score (nSPS) is 15.0. The highest BCUT2D eigenvalue weighted by atomic mass is 16.2. The zero-order valence-corrected chi connectivity index (χ0v) is 14.1. The van der Waals surface area contributed by atoms with Gasteiger partial charge in [-0.1, -0.05) is 48.5 Å². The first-order chi connectivity index (χ1) is 12.1. The first-order valence-corrected chi connectivity index (χ1v) is 8.60. The van der Waals surface area contributed by atoms with Crippen LogP contribution in [0.15, 0.2) is 60.7 Å². The summed E-state index contributed by atoms with van der Waals surface area (Å²) in [6.07, 6.45) is 1.19. The quantitative estimate of drug-likeness (QED) is 0.622. The lowest BCUT2D eigenvalue weighted by Gasteiger charge is -2.31. The fourth-order valence-corrected chi connectivity index (χ4v) is 3.20. The van der Waals surface area contributed by atoms with Crippen LogP contribution < -0.4 is 0 Å². The number of hydrogen-bond donors (Lipinski definition) is 0. The molecule has 0 spiro atoms. The van der Waals surface area contributed by atoms with Gasteiger partial charge in [-0.2, -0.15) is 0 Å². The van der Waals surface area contributed by atoms with Crippen LogP contribution in [0.5, 0.6) is 0 Å². The zero-order valence-electron chi connectivity index (χ0n) is 14.1. The van der Waals surface area contributed by atoms with Crippen LogP contribution in [0.25, 0.3) is 0 Å². The highest BCUT2D eigenvalue weighted by Gasteiger charge is 2.28. The number of amides is 1. The molecule has 2 aromatic rings. The Labute approximate surface area is 147 Å². The summed E-state index contributed by atoms with van der Waals surface area (Å²) in [5.41, 5.74) is 1.25. The lowest BCUT2D eigenvalue weighted by Crippen LogP contribution is -2.40. The highest BCUT2D eigenvalue weighted by Crippen LogP contribution is 2.22. The second-order valence-electron chi connectivity index (χ2n) is 6.36. The minimum absolute atomic E-state index is 0.00635. The van der Waals surface area contributed by atoms with Crippen molar-refractivity contribution in [1.82, 2.24) is 4.90 Å². The number of benzene rings is 2. The van der Waals surface area contributed by atoms with Crippen molar-refractivity contribution >= 4 is 17.5 Å². The fourth-order valence-electron chi connectivity index (χ4n) is 3.20. The molecule has 1 aliphatic heterocycles. The van der Waals surface area contributed by atoms with Crippen molar-refractivity contribution in [2.24, 2.45) is 5.92 Å².